The average molecular weight is 263 g/mol. The van der Waals surface area contributed by atoms with Crippen LogP contribution in [-0.4, -0.2) is 32.2 Å². The third-order valence-corrected chi connectivity index (χ3v) is 4.05. The lowest BCUT2D eigenvalue weighted by atomic mass is 9.99. The molecule has 19 heavy (non-hydrogen) atoms. The van der Waals surface area contributed by atoms with Crippen molar-refractivity contribution in [2.24, 2.45) is 5.92 Å². The van der Waals surface area contributed by atoms with E-state index in [9.17, 15) is 0 Å². The number of pyridine rings is 1. The van der Waals surface area contributed by atoms with Gasteiger partial charge in [-0.25, -0.2) is 4.98 Å². The third-order valence-electron chi connectivity index (χ3n) is 4.05. The Bertz CT molecular complexity index is 414. The van der Waals surface area contributed by atoms with Crippen LogP contribution in [0.2, 0.25) is 0 Å². The van der Waals surface area contributed by atoms with Gasteiger partial charge in [-0.1, -0.05) is 12.8 Å². The molecule has 0 bridgehead atoms. The van der Waals surface area contributed by atoms with E-state index < -0.39 is 0 Å². The van der Waals surface area contributed by atoms with Crippen LogP contribution in [0.25, 0.3) is 0 Å². The number of rotatable bonds is 5. The Morgan fingerprint density at radius 1 is 1.37 bits per heavy atom. The van der Waals surface area contributed by atoms with Gasteiger partial charge in [-0.15, -0.1) is 0 Å². The maximum atomic E-state index is 5.40. The smallest absolute Gasteiger partial charge is 0.239 e. The van der Waals surface area contributed by atoms with Gasteiger partial charge in [0.25, 0.3) is 0 Å². The molecule has 0 radical (unpaired) electrons. The molecule has 1 aromatic heterocycles. The molecule has 0 aliphatic heterocycles. The lowest BCUT2D eigenvalue weighted by molar-refractivity contribution is 0.397. The quantitative estimate of drug-likeness (QED) is 0.885. The van der Waals surface area contributed by atoms with E-state index in [4.69, 9.17) is 4.74 Å². The number of hydrogen-bond donors (Lipinski definition) is 1. The van der Waals surface area contributed by atoms with E-state index in [1.165, 1.54) is 25.7 Å². The summed E-state index contributed by atoms with van der Waals surface area (Å²) in [5.41, 5.74) is 2.13. The molecule has 2 rings (SSSR count). The maximum absolute atomic E-state index is 5.40. The van der Waals surface area contributed by atoms with E-state index in [-0.39, 0.29) is 0 Å². The molecule has 1 N–H and O–H groups in total. The Morgan fingerprint density at radius 3 is 2.63 bits per heavy atom. The highest BCUT2D eigenvalue weighted by Crippen LogP contribution is 2.35. The first-order chi connectivity index (χ1) is 9.13. The Balaban J connectivity index is 2.21. The van der Waals surface area contributed by atoms with Crippen LogP contribution in [0.15, 0.2) is 12.3 Å². The fraction of sp³-hybridized carbons (Fsp3) is 0.667. The number of nitrogens with zero attached hydrogens (tertiary/aromatic N) is 2. The van der Waals surface area contributed by atoms with Crippen molar-refractivity contribution in [3.8, 4) is 5.88 Å². The summed E-state index contributed by atoms with van der Waals surface area (Å²) in [6.07, 6.45) is 7.17. The fourth-order valence-corrected chi connectivity index (χ4v) is 2.90. The first kappa shape index (κ1) is 14.0. The summed E-state index contributed by atoms with van der Waals surface area (Å²) in [5.74, 6) is 1.44. The molecule has 1 heterocycles. The van der Waals surface area contributed by atoms with Crippen LogP contribution >= 0.6 is 0 Å². The summed E-state index contributed by atoms with van der Waals surface area (Å²) in [5, 5.41) is 3.62. The highest BCUT2D eigenvalue weighted by atomic mass is 16.5. The normalized spacial score (nSPS) is 17.3. The summed E-state index contributed by atoms with van der Waals surface area (Å²) >= 11 is 0. The SMILES string of the molecule is COc1nccc(N(C)C)c1NC(C)C1CCCC1. The van der Waals surface area contributed by atoms with E-state index >= 15 is 0 Å². The van der Waals surface area contributed by atoms with Crippen molar-refractivity contribution in [2.75, 3.05) is 31.4 Å². The minimum absolute atomic E-state index is 0.458. The first-order valence-corrected chi connectivity index (χ1v) is 7.10. The molecule has 1 aliphatic carbocycles. The molecule has 1 aromatic rings. The Labute approximate surface area is 116 Å². The van der Waals surface area contributed by atoms with Crippen LogP contribution in [0.4, 0.5) is 11.4 Å². The Morgan fingerprint density at radius 2 is 2.05 bits per heavy atom. The number of hydrogen-bond acceptors (Lipinski definition) is 4. The second-order valence-corrected chi connectivity index (χ2v) is 5.59. The summed E-state index contributed by atoms with van der Waals surface area (Å²) in [4.78, 5) is 6.40. The molecule has 106 valence electrons. The van der Waals surface area contributed by atoms with Crippen LogP contribution in [0.3, 0.4) is 0 Å². The van der Waals surface area contributed by atoms with Crippen LogP contribution in [0.1, 0.15) is 32.6 Å². The van der Waals surface area contributed by atoms with Gasteiger partial charge < -0.3 is 15.0 Å². The Kier molecular flexibility index (Phi) is 4.51. The zero-order chi connectivity index (χ0) is 13.8. The van der Waals surface area contributed by atoms with Crippen molar-refractivity contribution in [3.63, 3.8) is 0 Å². The summed E-state index contributed by atoms with van der Waals surface area (Å²) < 4.78 is 5.40. The lowest BCUT2D eigenvalue weighted by Gasteiger charge is -2.26. The number of aromatic nitrogens is 1. The van der Waals surface area contributed by atoms with Gasteiger partial charge in [-0.2, -0.15) is 0 Å². The van der Waals surface area contributed by atoms with Crippen molar-refractivity contribution < 1.29 is 4.74 Å². The molecule has 4 heteroatoms. The van der Waals surface area contributed by atoms with E-state index in [2.05, 4.69) is 22.1 Å². The summed E-state index contributed by atoms with van der Waals surface area (Å²) in [6.45, 7) is 2.27. The van der Waals surface area contributed by atoms with Crippen LogP contribution in [-0.2, 0) is 0 Å². The van der Waals surface area contributed by atoms with Gasteiger partial charge in [-0.05, 0) is 31.7 Å². The Hall–Kier alpha value is -1.45. The zero-order valence-electron chi connectivity index (χ0n) is 12.4. The van der Waals surface area contributed by atoms with Crippen LogP contribution in [0.5, 0.6) is 5.88 Å². The van der Waals surface area contributed by atoms with Crippen molar-refractivity contribution in [2.45, 2.75) is 38.6 Å². The molecule has 0 spiro atoms. The molecule has 1 aliphatic rings. The minimum Gasteiger partial charge on any atom is -0.479 e. The van der Waals surface area contributed by atoms with Crippen LogP contribution in [0, 0.1) is 5.92 Å². The molecule has 1 atom stereocenters. The molecule has 1 saturated carbocycles. The van der Waals surface area contributed by atoms with E-state index in [1.807, 2.05) is 20.2 Å². The summed E-state index contributed by atoms with van der Waals surface area (Å²) in [6, 6.07) is 2.48. The number of ether oxygens (including phenoxy) is 1. The minimum atomic E-state index is 0.458. The van der Waals surface area contributed by atoms with Gasteiger partial charge in [0, 0.05) is 26.3 Å². The van der Waals surface area contributed by atoms with E-state index in [0.29, 0.717) is 11.9 Å². The monoisotopic (exact) mass is 263 g/mol. The molecule has 0 amide bonds. The molecule has 0 saturated heterocycles. The third kappa shape index (κ3) is 3.11. The second kappa shape index (κ2) is 6.13. The molecule has 1 unspecified atom stereocenters. The van der Waals surface area contributed by atoms with Gasteiger partial charge in [0.15, 0.2) is 0 Å². The van der Waals surface area contributed by atoms with Crippen LogP contribution < -0.4 is 15.0 Å². The van der Waals surface area contributed by atoms with Crippen molar-refractivity contribution in [3.05, 3.63) is 12.3 Å². The largest absolute Gasteiger partial charge is 0.479 e. The van der Waals surface area contributed by atoms with Gasteiger partial charge in [0.1, 0.15) is 5.69 Å². The maximum Gasteiger partial charge on any atom is 0.239 e. The highest BCUT2D eigenvalue weighted by molar-refractivity contribution is 5.74. The van der Waals surface area contributed by atoms with Gasteiger partial charge in [-0.3, -0.25) is 0 Å². The molecular formula is C15H25N3O. The van der Waals surface area contributed by atoms with Gasteiger partial charge in [0.2, 0.25) is 5.88 Å². The highest BCUT2D eigenvalue weighted by Gasteiger charge is 2.23. The lowest BCUT2D eigenvalue weighted by Crippen LogP contribution is -2.25. The number of anilines is 2. The number of methoxy groups -OCH3 is 1. The second-order valence-electron chi connectivity index (χ2n) is 5.59. The topological polar surface area (TPSA) is 37.4 Å². The number of nitrogens with one attached hydrogen (secondary N) is 1. The average Bonchev–Trinajstić information content (AvgIpc) is 2.92. The molecule has 4 nitrogen and oxygen atoms in total. The summed E-state index contributed by atoms with van der Waals surface area (Å²) in [7, 11) is 5.76. The molecule has 1 fully saturated rings. The predicted molar refractivity (Wildman–Crippen MR) is 80.2 cm³/mol. The molecular weight excluding hydrogens is 238 g/mol. The van der Waals surface area contributed by atoms with Gasteiger partial charge in [0.05, 0.1) is 12.8 Å². The van der Waals surface area contributed by atoms with E-state index in [0.717, 1.165) is 17.3 Å². The molecule has 0 aromatic carbocycles. The predicted octanol–water partition coefficient (Wildman–Crippen LogP) is 3.15. The van der Waals surface area contributed by atoms with Crippen molar-refractivity contribution >= 4 is 11.4 Å². The fourth-order valence-electron chi connectivity index (χ4n) is 2.90. The van der Waals surface area contributed by atoms with Crippen molar-refractivity contribution in [1.29, 1.82) is 0 Å². The first-order valence-electron chi connectivity index (χ1n) is 7.10. The van der Waals surface area contributed by atoms with Crippen molar-refractivity contribution in [1.82, 2.24) is 4.98 Å². The zero-order valence-corrected chi connectivity index (χ0v) is 12.4. The standard InChI is InChI=1S/C15H25N3O/c1-11(12-7-5-6-8-12)17-14-13(18(2)3)9-10-16-15(14)19-4/h9-12,17H,5-8H2,1-4H3. The van der Waals surface area contributed by atoms with Gasteiger partial charge >= 0.3 is 0 Å². The van der Waals surface area contributed by atoms with E-state index in [1.54, 1.807) is 13.3 Å².